The molecule has 0 radical (unpaired) electrons. The number of aliphatic hydroxyl groups is 1. The number of allylic oxidation sites excluding steroid dienone is 1. The van der Waals surface area contributed by atoms with Crippen molar-refractivity contribution in [2.75, 3.05) is 27.7 Å². The SMILES string of the molecule is COc1nc2ccc(Br)cc2cc1C[C@@](O)(CCN(C)C)c1cccc2c1C=CCC2.c1ccccc1. The second-order valence-corrected chi connectivity index (χ2v) is 10.6. The first kappa shape index (κ1) is 27.1. The van der Waals surface area contributed by atoms with Crippen LogP contribution >= 0.6 is 15.9 Å². The van der Waals surface area contributed by atoms with Crippen molar-refractivity contribution in [2.24, 2.45) is 0 Å². The number of aryl methyl sites for hydroxylation is 1. The van der Waals surface area contributed by atoms with Gasteiger partial charge in [-0.25, -0.2) is 4.98 Å². The Morgan fingerprint density at radius 3 is 2.41 bits per heavy atom. The van der Waals surface area contributed by atoms with E-state index in [-0.39, 0.29) is 0 Å². The first-order valence-electron chi connectivity index (χ1n) is 12.7. The van der Waals surface area contributed by atoms with Crippen molar-refractivity contribution in [1.82, 2.24) is 9.88 Å². The second-order valence-electron chi connectivity index (χ2n) is 9.73. The summed E-state index contributed by atoms with van der Waals surface area (Å²) in [6, 6.07) is 26.4. The molecule has 1 aromatic heterocycles. The number of pyridine rings is 1. The van der Waals surface area contributed by atoms with E-state index < -0.39 is 5.60 Å². The summed E-state index contributed by atoms with van der Waals surface area (Å²) < 4.78 is 6.65. The third-order valence-electron chi connectivity index (χ3n) is 6.69. The minimum absolute atomic E-state index is 0.434. The van der Waals surface area contributed by atoms with Crippen LogP contribution in [0.15, 0.2) is 89.4 Å². The molecule has 0 unspecified atom stereocenters. The van der Waals surface area contributed by atoms with Gasteiger partial charge in [-0.15, -0.1) is 0 Å². The molecule has 1 N–H and O–H groups in total. The van der Waals surface area contributed by atoms with Crippen molar-refractivity contribution in [2.45, 2.75) is 31.3 Å². The number of nitrogens with zero attached hydrogens (tertiary/aromatic N) is 2. The van der Waals surface area contributed by atoms with Gasteiger partial charge < -0.3 is 14.7 Å². The fraction of sp³-hybridized carbons (Fsp3) is 0.281. The quantitative estimate of drug-likeness (QED) is 0.264. The van der Waals surface area contributed by atoms with Crippen LogP contribution in [0.5, 0.6) is 5.88 Å². The molecule has 1 atom stereocenters. The molecule has 0 bridgehead atoms. The number of rotatable bonds is 7. The van der Waals surface area contributed by atoms with Crippen LogP contribution in [0.3, 0.4) is 0 Å². The summed E-state index contributed by atoms with van der Waals surface area (Å²) in [6.45, 7) is 0.777. The minimum atomic E-state index is -1.04. The van der Waals surface area contributed by atoms with Crippen LogP contribution in [0.25, 0.3) is 17.0 Å². The maximum atomic E-state index is 12.1. The Morgan fingerprint density at radius 2 is 1.73 bits per heavy atom. The van der Waals surface area contributed by atoms with E-state index in [2.05, 4.69) is 63.3 Å². The molecule has 5 heteroatoms. The number of ether oxygens (including phenoxy) is 1. The lowest BCUT2D eigenvalue weighted by molar-refractivity contribution is 0.0203. The van der Waals surface area contributed by atoms with E-state index in [0.717, 1.165) is 51.5 Å². The molecule has 4 nitrogen and oxygen atoms in total. The maximum Gasteiger partial charge on any atom is 0.216 e. The largest absolute Gasteiger partial charge is 0.481 e. The molecular formula is C32H35BrN2O2. The maximum absolute atomic E-state index is 12.1. The number of fused-ring (bicyclic) bond motifs is 2. The van der Waals surface area contributed by atoms with Gasteiger partial charge in [-0.1, -0.05) is 82.7 Å². The van der Waals surface area contributed by atoms with Crippen molar-refractivity contribution >= 4 is 32.9 Å². The van der Waals surface area contributed by atoms with Crippen molar-refractivity contribution < 1.29 is 9.84 Å². The number of benzene rings is 3. The molecule has 5 rings (SSSR count). The zero-order chi connectivity index (χ0) is 26.3. The zero-order valence-corrected chi connectivity index (χ0v) is 23.4. The molecule has 0 spiro atoms. The van der Waals surface area contributed by atoms with Crippen LogP contribution in [0.2, 0.25) is 0 Å². The molecule has 3 aromatic carbocycles. The molecule has 1 aliphatic carbocycles. The molecule has 0 aliphatic heterocycles. The van der Waals surface area contributed by atoms with Crippen molar-refractivity contribution in [3.63, 3.8) is 0 Å². The number of halogens is 1. The molecule has 0 amide bonds. The van der Waals surface area contributed by atoms with E-state index in [1.54, 1.807) is 7.11 Å². The van der Waals surface area contributed by atoms with Gasteiger partial charge in [0.2, 0.25) is 5.88 Å². The van der Waals surface area contributed by atoms with Crippen LogP contribution in [-0.4, -0.2) is 42.7 Å². The first-order valence-corrected chi connectivity index (χ1v) is 13.5. The van der Waals surface area contributed by atoms with Crippen molar-refractivity contribution in [1.29, 1.82) is 0 Å². The highest BCUT2D eigenvalue weighted by molar-refractivity contribution is 9.10. The molecule has 1 heterocycles. The Balaban J connectivity index is 0.000000469. The normalized spacial score (nSPS) is 14.0. The lowest BCUT2D eigenvalue weighted by atomic mass is 9.79. The van der Waals surface area contributed by atoms with E-state index in [9.17, 15) is 5.11 Å². The Labute approximate surface area is 228 Å². The lowest BCUT2D eigenvalue weighted by Crippen LogP contribution is -2.34. The van der Waals surface area contributed by atoms with Gasteiger partial charge in [-0.3, -0.25) is 0 Å². The number of aromatic nitrogens is 1. The Kier molecular flexibility index (Phi) is 9.14. The predicted molar refractivity (Wildman–Crippen MR) is 157 cm³/mol. The second kappa shape index (κ2) is 12.5. The number of hydrogen-bond donors (Lipinski definition) is 1. The molecule has 0 saturated heterocycles. The highest BCUT2D eigenvalue weighted by Gasteiger charge is 2.34. The molecule has 0 saturated carbocycles. The van der Waals surface area contributed by atoms with Crippen molar-refractivity contribution in [3.8, 4) is 5.88 Å². The molecule has 1 aliphatic rings. The molecule has 37 heavy (non-hydrogen) atoms. The van der Waals surface area contributed by atoms with Gasteiger partial charge in [0.05, 0.1) is 18.2 Å². The fourth-order valence-corrected chi connectivity index (χ4v) is 5.16. The van der Waals surface area contributed by atoms with E-state index in [1.807, 2.05) is 62.6 Å². The predicted octanol–water partition coefficient (Wildman–Crippen LogP) is 7.03. The first-order chi connectivity index (χ1) is 17.9. The lowest BCUT2D eigenvalue weighted by Gasteiger charge is -2.33. The monoisotopic (exact) mass is 558 g/mol. The summed E-state index contributed by atoms with van der Waals surface area (Å²) in [5.41, 5.74) is 4.19. The number of hydrogen-bond acceptors (Lipinski definition) is 4. The van der Waals surface area contributed by atoms with E-state index >= 15 is 0 Å². The average molecular weight is 560 g/mol. The highest BCUT2D eigenvalue weighted by atomic mass is 79.9. The third-order valence-corrected chi connectivity index (χ3v) is 7.19. The Morgan fingerprint density at radius 1 is 1.00 bits per heavy atom. The van der Waals surface area contributed by atoms with E-state index in [4.69, 9.17) is 9.72 Å². The summed E-state index contributed by atoms with van der Waals surface area (Å²) in [6.07, 6.45) is 7.48. The van der Waals surface area contributed by atoms with Gasteiger partial charge in [-0.2, -0.15) is 0 Å². The van der Waals surface area contributed by atoms with Gasteiger partial charge >= 0.3 is 0 Å². The summed E-state index contributed by atoms with van der Waals surface area (Å²) >= 11 is 3.55. The van der Waals surface area contributed by atoms with Crippen LogP contribution in [0, 0.1) is 0 Å². The average Bonchev–Trinajstić information content (AvgIpc) is 2.92. The topological polar surface area (TPSA) is 45.6 Å². The Bertz CT molecular complexity index is 1330. The smallest absolute Gasteiger partial charge is 0.216 e. The molecule has 4 aromatic rings. The summed E-state index contributed by atoms with van der Waals surface area (Å²) in [4.78, 5) is 6.83. The minimum Gasteiger partial charge on any atom is -0.481 e. The van der Waals surface area contributed by atoms with Crippen LogP contribution in [0.1, 0.15) is 35.1 Å². The Hall–Kier alpha value is -2.99. The fourth-order valence-electron chi connectivity index (χ4n) is 4.78. The van der Waals surface area contributed by atoms with Gasteiger partial charge in [0.15, 0.2) is 0 Å². The summed E-state index contributed by atoms with van der Waals surface area (Å²) in [7, 11) is 5.72. The van der Waals surface area contributed by atoms with Gasteiger partial charge in [0.25, 0.3) is 0 Å². The molecule has 0 fully saturated rings. The summed E-state index contributed by atoms with van der Waals surface area (Å²) in [5, 5.41) is 13.2. The van der Waals surface area contributed by atoms with E-state index in [1.165, 1.54) is 5.56 Å². The standard InChI is InChI=1S/C26H29BrN2O2.C6H6/c1-29(2)14-13-26(30,23-10-6-8-18-7-4-5-9-22(18)23)17-20-15-19-16-21(27)11-12-24(19)28-25(20)31-3;1-2-4-6-5-3-1/h5-6,8-12,15-16,30H,4,7,13-14,17H2,1-3H3;1-6H/t26-;/m0./s1. The highest BCUT2D eigenvalue weighted by Crippen LogP contribution is 2.38. The zero-order valence-electron chi connectivity index (χ0n) is 21.8. The van der Waals surface area contributed by atoms with E-state index in [0.29, 0.717) is 18.7 Å². The van der Waals surface area contributed by atoms with Gasteiger partial charge in [0, 0.05) is 28.4 Å². The third kappa shape index (κ3) is 6.86. The molecular weight excluding hydrogens is 524 g/mol. The van der Waals surface area contributed by atoms with Crippen LogP contribution < -0.4 is 4.74 Å². The van der Waals surface area contributed by atoms with Crippen LogP contribution in [-0.2, 0) is 18.4 Å². The van der Waals surface area contributed by atoms with Gasteiger partial charge in [-0.05, 0) is 74.3 Å². The van der Waals surface area contributed by atoms with Gasteiger partial charge in [0.1, 0.15) is 0 Å². The number of methoxy groups -OCH3 is 1. The summed E-state index contributed by atoms with van der Waals surface area (Å²) in [5.74, 6) is 0.568. The van der Waals surface area contributed by atoms with Crippen molar-refractivity contribution in [3.05, 3.63) is 112 Å². The molecule has 192 valence electrons. The van der Waals surface area contributed by atoms with Crippen LogP contribution in [0.4, 0.5) is 0 Å².